The van der Waals surface area contributed by atoms with E-state index in [0.29, 0.717) is 6.42 Å². The Balaban J connectivity index is 2.07. The maximum absolute atomic E-state index is 11.6. The van der Waals surface area contributed by atoms with Crippen LogP contribution in [0.15, 0.2) is 29.2 Å². The summed E-state index contributed by atoms with van der Waals surface area (Å²) in [5.41, 5.74) is 6.01. The van der Waals surface area contributed by atoms with Crippen LogP contribution in [0.5, 0.6) is 0 Å². The first-order valence-electron chi connectivity index (χ1n) is 6.43. The largest absolute Gasteiger partial charge is 0.380 e. The van der Waals surface area contributed by atoms with Gasteiger partial charge in [0.05, 0.1) is 17.3 Å². The SMILES string of the molecule is NC(=O)CSc1ccccc1NC1CCCS(=O)(=O)C1. The minimum Gasteiger partial charge on any atom is -0.380 e. The van der Waals surface area contributed by atoms with Crippen molar-refractivity contribution >= 4 is 33.2 Å². The molecule has 1 saturated heterocycles. The summed E-state index contributed by atoms with van der Waals surface area (Å²) in [6, 6.07) is 7.49. The summed E-state index contributed by atoms with van der Waals surface area (Å²) >= 11 is 1.36. The van der Waals surface area contributed by atoms with Gasteiger partial charge in [-0.2, -0.15) is 0 Å². The van der Waals surface area contributed by atoms with E-state index in [0.717, 1.165) is 17.0 Å². The second kappa shape index (κ2) is 6.49. The van der Waals surface area contributed by atoms with Crippen LogP contribution < -0.4 is 11.1 Å². The summed E-state index contributed by atoms with van der Waals surface area (Å²) in [5.74, 6) is 0.289. The fourth-order valence-corrected chi connectivity index (χ4v) is 4.61. The lowest BCUT2D eigenvalue weighted by atomic mass is 10.1. The highest BCUT2D eigenvalue weighted by Gasteiger charge is 2.25. The normalized spacial score (nSPS) is 21.3. The summed E-state index contributed by atoms with van der Waals surface area (Å²) < 4.78 is 23.3. The molecule has 1 amide bonds. The molecule has 0 aliphatic carbocycles. The van der Waals surface area contributed by atoms with Gasteiger partial charge in [-0.3, -0.25) is 4.79 Å². The predicted octanol–water partition coefficient (Wildman–Crippen LogP) is 1.25. The van der Waals surface area contributed by atoms with Crippen LogP contribution >= 0.6 is 11.8 Å². The quantitative estimate of drug-likeness (QED) is 0.799. The number of nitrogens with one attached hydrogen (secondary N) is 1. The number of sulfone groups is 1. The van der Waals surface area contributed by atoms with Crippen molar-refractivity contribution in [3.05, 3.63) is 24.3 Å². The first-order chi connectivity index (χ1) is 9.46. The molecule has 0 bridgehead atoms. The van der Waals surface area contributed by atoms with Gasteiger partial charge >= 0.3 is 0 Å². The number of rotatable bonds is 5. The number of amides is 1. The van der Waals surface area contributed by atoms with Crippen molar-refractivity contribution in [2.24, 2.45) is 5.73 Å². The van der Waals surface area contributed by atoms with Crippen LogP contribution in [0.3, 0.4) is 0 Å². The molecule has 20 heavy (non-hydrogen) atoms. The summed E-state index contributed by atoms with van der Waals surface area (Å²) in [4.78, 5) is 11.8. The highest BCUT2D eigenvalue weighted by atomic mass is 32.2. The highest BCUT2D eigenvalue weighted by molar-refractivity contribution is 8.00. The Morgan fingerprint density at radius 3 is 2.85 bits per heavy atom. The van der Waals surface area contributed by atoms with Gasteiger partial charge in [-0.1, -0.05) is 12.1 Å². The minimum absolute atomic E-state index is 0.0657. The molecule has 0 spiro atoms. The molecule has 110 valence electrons. The van der Waals surface area contributed by atoms with Crippen molar-refractivity contribution in [2.75, 3.05) is 22.6 Å². The number of hydrogen-bond acceptors (Lipinski definition) is 5. The van der Waals surface area contributed by atoms with Gasteiger partial charge in [0.15, 0.2) is 9.84 Å². The molecular weight excluding hydrogens is 296 g/mol. The molecule has 0 aromatic heterocycles. The number of primary amides is 1. The van der Waals surface area contributed by atoms with Crippen molar-refractivity contribution in [1.82, 2.24) is 0 Å². The van der Waals surface area contributed by atoms with Crippen molar-refractivity contribution in [3.8, 4) is 0 Å². The summed E-state index contributed by atoms with van der Waals surface area (Å²) in [6.07, 6.45) is 1.53. The van der Waals surface area contributed by atoms with Gasteiger partial charge in [-0.25, -0.2) is 8.42 Å². The zero-order valence-electron chi connectivity index (χ0n) is 11.0. The van der Waals surface area contributed by atoms with Crippen LogP contribution in [0.25, 0.3) is 0 Å². The van der Waals surface area contributed by atoms with E-state index >= 15 is 0 Å². The van der Waals surface area contributed by atoms with Crippen molar-refractivity contribution in [1.29, 1.82) is 0 Å². The molecule has 0 radical (unpaired) electrons. The molecule has 3 N–H and O–H groups in total. The van der Waals surface area contributed by atoms with E-state index in [1.54, 1.807) is 0 Å². The third-order valence-electron chi connectivity index (χ3n) is 3.08. The van der Waals surface area contributed by atoms with E-state index < -0.39 is 9.84 Å². The van der Waals surface area contributed by atoms with Crippen LogP contribution in [-0.2, 0) is 14.6 Å². The van der Waals surface area contributed by atoms with Gasteiger partial charge in [-0.05, 0) is 25.0 Å². The number of carbonyl (C=O) groups is 1. The maximum Gasteiger partial charge on any atom is 0.227 e. The second-order valence-corrected chi connectivity index (χ2v) is 8.09. The van der Waals surface area contributed by atoms with E-state index in [9.17, 15) is 13.2 Å². The highest BCUT2D eigenvalue weighted by Crippen LogP contribution is 2.28. The fraction of sp³-hybridized carbons (Fsp3) is 0.462. The van der Waals surface area contributed by atoms with Crippen LogP contribution in [0, 0.1) is 0 Å². The number of thioether (sulfide) groups is 1. The van der Waals surface area contributed by atoms with Crippen molar-refractivity contribution < 1.29 is 13.2 Å². The Kier molecular flexibility index (Phi) is 4.93. The second-order valence-electron chi connectivity index (χ2n) is 4.85. The van der Waals surface area contributed by atoms with Gasteiger partial charge in [0.25, 0.3) is 0 Å². The first-order valence-corrected chi connectivity index (χ1v) is 9.24. The van der Waals surface area contributed by atoms with E-state index in [1.807, 2.05) is 24.3 Å². The lowest BCUT2D eigenvalue weighted by Gasteiger charge is -2.25. The van der Waals surface area contributed by atoms with E-state index in [2.05, 4.69) is 5.32 Å². The summed E-state index contributed by atoms with van der Waals surface area (Å²) in [7, 11) is -2.93. The average molecular weight is 314 g/mol. The van der Waals surface area contributed by atoms with Crippen LogP contribution in [0.2, 0.25) is 0 Å². The molecule has 1 atom stereocenters. The molecule has 1 aliphatic rings. The fourth-order valence-electron chi connectivity index (χ4n) is 2.22. The van der Waals surface area contributed by atoms with Gasteiger partial charge in [-0.15, -0.1) is 11.8 Å². The smallest absolute Gasteiger partial charge is 0.227 e. The Morgan fingerprint density at radius 2 is 2.15 bits per heavy atom. The first kappa shape index (κ1) is 15.2. The van der Waals surface area contributed by atoms with Gasteiger partial charge in [0, 0.05) is 16.6 Å². The lowest BCUT2D eigenvalue weighted by molar-refractivity contribution is -0.115. The topological polar surface area (TPSA) is 89.3 Å². The molecule has 1 aromatic carbocycles. The molecule has 5 nitrogen and oxygen atoms in total. The van der Waals surface area contributed by atoms with E-state index in [1.165, 1.54) is 11.8 Å². The zero-order valence-corrected chi connectivity index (χ0v) is 12.7. The van der Waals surface area contributed by atoms with E-state index in [4.69, 9.17) is 5.73 Å². The summed E-state index contributed by atoms with van der Waals surface area (Å²) in [5, 5.41) is 3.28. The zero-order chi connectivity index (χ0) is 14.6. The van der Waals surface area contributed by atoms with Gasteiger partial charge < -0.3 is 11.1 Å². The van der Waals surface area contributed by atoms with Crippen molar-refractivity contribution in [2.45, 2.75) is 23.8 Å². The molecule has 1 aliphatic heterocycles. The Labute approximate surface area is 123 Å². The summed E-state index contributed by atoms with van der Waals surface area (Å²) in [6.45, 7) is 0. The Hall–Kier alpha value is -1.21. The monoisotopic (exact) mass is 314 g/mol. The van der Waals surface area contributed by atoms with E-state index in [-0.39, 0.29) is 29.2 Å². The van der Waals surface area contributed by atoms with Crippen LogP contribution in [0.1, 0.15) is 12.8 Å². The molecule has 1 heterocycles. The number of hydrogen-bond donors (Lipinski definition) is 2. The molecule has 0 saturated carbocycles. The molecule has 1 unspecified atom stereocenters. The minimum atomic E-state index is -2.93. The number of anilines is 1. The molecule has 7 heteroatoms. The number of para-hydroxylation sites is 1. The third-order valence-corrected chi connectivity index (χ3v) is 6.00. The standard InChI is InChI=1S/C13H18N2O3S2/c14-13(16)8-19-12-6-2-1-5-11(12)15-10-4-3-7-20(17,18)9-10/h1-2,5-6,10,15H,3-4,7-9H2,(H2,14,16). The third kappa shape index (κ3) is 4.42. The number of nitrogens with two attached hydrogens (primary N) is 1. The predicted molar refractivity (Wildman–Crippen MR) is 81.7 cm³/mol. The molecule has 2 rings (SSSR count). The molecule has 1 aromatic rings. The Morgan fingerprint density at radius 1 is 1.40 bits per heavy atom. The van der Waals surface area contributed by atoms with Crippen molar-refractivity contribution in [3.63, 3.8) is 0 Å². The number of carbonyl (C=O) groups excluding carboxylic acids is 1. The number of benzene rings is 1. The Bertz CT molecular complexity index is 587. The van der Waals surface area contributed by atoms with Gasteiger partial charge in [0.2, 0.25) is 5.91 Å². The molecule has 1 fully saturated rings. The maximum atomic E-state index is 11.6. The van der Waals surface area contributed by atoms with Crippen LogP contribution in [-0.4, -0.2) is 37.6 Å². The molecular formula is C13H18N2O3S2. The lowest BCUT2D eigenvalue weighted by Crippen LogP contribution is -2.34. The average Bonchev–Trinajstić information content (AvgIpc) is 2.36. The van der Waals surface area contributed by atoms with Crippen LogP contribution in [0.4, 0.5) is 5.69 Å². The van der Waals surface area contributed by atoms with Gasteiger partial charge in [0.1, 0.15) is 0 Å².